The number of carbonyl (C=O) groups excluding carboxylic acids is 1. The number of amides is 1. The summed E-state index contributed by atoms with van der Waals surface area (Å²) in [7, 11) is 0. The second-order valence-electron chi connectivity index (χ2n) is 4.76. The van der Waals surface area contributed by atoms with Crippen LogP contribution in [0.5, 0.6) is 0 Å². The molecular weight excluding hydrogens is 312 g/mol. The van der Waals surface area contributed by atoms with E-state index in [4.69, 9.17) is 11.6 Å². The molecule has 1 amide bonds. The minimum atomic E-state index is -1.07. The van der Waals surface area contributed by atoms with E-state index in [2.05, 4.69) is 5.32 Å². The quantitative estimate of drug-likeness (QED) is 0.888. The van der Waals surface area contributed by atoms with Crippen LogP contribution in [0.15, 0.2) is 42.5 Å². The van der Waals surface area contributed by atoms with Gasteiger partial charge in [0.25, 0.3) is 0 Å². The average Bonchev–Trinajstić information content (AvgIpc) is 2.50. The van der Waals surface area contributed by atoms with E-state index in [0.717, 1.165) is 6.07 Å². The lowest BCUT2D eigenvalue weighted by atomic mass is 10.1. The molecule has 2 aromatic carbocycles. The molecule has 0 aliphatic rings. The van der Waals surface area contributed by atoms with E-state index in [0.29, 0.717) is 5.56 Å². The third-order valence-electron chi connectivity index (χ3n) is 3.13. The van der Waals surface area contributed by atoms with E-state index >= 15 is 0 Å². The number of benzene rings is 2. The predicted octanol–water partition coefficient (Wildman–Crippen LogP) is 3.01. The highest BCUT2D eigenvalue weighted by Gasteiger charge is 2.13. The maximum atomic E-state index is 13.4. The summed E-state index contributed by atoms with van der Waals surface area (Å²) in [5.41, 5.74) is 0.570. The molecule has 2 aromatic rings. The number of aliphatic hydroxyl groups excluding tert-OH is 1. The first kappa shape index (κ1) is 16.4. The Labute approximate surface area is 131 Å². The number of rotatable bonds is 5. The zero-order chi connectivity index (χ0) is 16.1. The van der Waals surface area contributed by atoms with E-state index in [1.165, 1.54) is 30.3 Å². The fraction of sp³-hybridized carbons (Fsp3) is 0.188. The minimum Gasteiger partial charge on any atom is -0.387 e. The van der Waals surface area contributed by atoms with Crippen LogP contribution < -0.4 is 5.32 Å². The summed E-state index contributed by atoms with van der Waals surface area (Å²) in [6.07, 6.45) is -1.20. The van der Waals surface area contributed by atoms with Crippen LogP contribution in [0.25, 0.3) is 0 Å². The highest BCUT2D eigenvalue weighted by molar-refractivity contribution is 6.30. The molecule has 0 saturated carbocycles. The second kappa shape index (κ2) is 7.33. The van der Waals surface area contributed by atoms with Gasteiger partial charge < -0.3 is 10.4 Å². The Hall–Kier alpha value is -1.98. The molecule has 0 bridgehead atoms. The molecule has 116 valence electrons. The lowest BCUT2D eigenvalue weighted by Crippen LogP contribution is -2.29. The molecule has 6 heteroatoms. The normalized spacial score (nSPS) is 12.0. The summed E-state index contributed by atoms with van der Waals surface area (Å²) >= 11 is 5.56. The maximum absolute atomic E-state index is 13.4. The molecule has 1 atom stereocenters. The Morgan fingerprint density at radius 3 is 2.59 bits per heavy atom. The summed E-state index contributed by atoms with van der Waals surface area (Å²) in [4.78, 5) is 11.7. The number of nitrogens with one attached hydrogen (secondary N) is 1. The fourth-order valence-corrected chi connectivity index (χ4v) is 2.04. The number of carbonyl (C=O) groups is 1. The number of halogens is 3. The molecule has 0 aromatic heterocycles. The summed E-state index contributed by atoms with van der Waals surface area (Å²) in [6, 6.07) is 9.87. The Kier molecular flexibility index (Phi) is 5.46. The standard InChI is InChI=1S/C16H14ClF2NO2/c17-12-6-5-11(7-14(12)19)15(21)9-20-16(22)8-10-3-1-2-4-13(10)18/h1-7,15,21H,8-9H2,(H,20,22). The van der Waals surface area contributed by atoms with Crippen LogP contribution in [-0.4, -0.2) is 17.6 Å². The lowest BCUT2D eigenvalue weighted by molar-refractivity contribution is -0.120. The number of aliphatic hydroxyl groups is 1. The molecule has 0 aliphatic carbocycles. The van der Waals surface area contributed by atoms with Gasteiger partial charge in [0.05, 0.1) is 17.5 Å². The largest absolute Gasteiger partial charge is 0.387 e. The molecule has 0 heterocycles. The van der Waals surface area contributed by atoms with E-state index < -0.39 is 23.6 Å². The van der Waals surface area contributed by atoms with Crippen molar-refractivity contribution in [2.24, 2.45) is 0 Å². The van der Waals surface area contributed by atoms with Crippen LogP contribution in [0, 0.1) is 11.6 Å². The van der Waals surface area contributed by atoms with Gasteiger partial charge in [-0.25, -0.2) is 8.78 Å². The Bertz CT molecular complexity index is 679. The van der Waals surface area contributed by atoms with Gasteiger partial charge >= 0.3 is 0 Å². The van der Waals surface area contributed by atoms with Crippen molar-refractivity contribution in [1.29, 1.82) is 0 Å². The molecule has 0 spiro atoms. The molecule has 3 nitrogen and oxygen atoms in total. The van der Waals surface area contributed by atoms with Gasteiger partial charge in [-0.1, -0.05) is 35.9 Å². The Morgan fingerprint density at radius 1 is 1.18 bits per heavy atom. The molecule has 0 aliphatic heterocycles. The van der Waals surface area contributed by atoms with Crippen LogP contribution in [0.4, 0.5) is 8.78 Å². The van der Waals surface area contributed by atoms with Crippen molar-refractivity contribution in [3.05, 3.63) is 70.2 Å². The van der Waals surface area contributed by atoms with Crippen molar-refractivity contribution in [2.75, 3.05) is 6.54 Å². The highest BCUT2D eigenvalue weighted by atomic mass is 35.5. The van der Waals surface area contributed by atoms with Crippen molar-refractivity contribution >= 4 is 17.5 Å². The smallest absolute Gasteiger partial charge is 0.224 e. The van der Waals surface area contributed by atoms with E-state index in [1.807, 2.05) is 0 Å². The summed E-state index contributed by atoms with van der Waals surface area (Å²) in [6.45, 7) is -0.103. The first-order valence-corrected chi connectivity index (χ1v) is 6.98. The van der Waals surface area contributed by atoms with Crippen molar-refractivity contribution in [1.82, 2.24) is 5.32 Å². The molecule has 2 rings (SSSR count). The van der Waals surface area contributed by atoms with Gasteiger partial charge in [0.1, 0.15) is 11.6 Å². The first-order chi connectivity index (χ1) is 10.5. The van der Waals surface area contributed by atoms with Gasteiger partial charge in [-0.05, 0) is 29.3 Å². The van der Waals surface area contributed by atoms with Crippen molar-refractivity contribution < 1.29 is 18.7 Å². The first-order valence-electron chi connectivity index (χ1n) is 6.60. The molecule has 1 unspecified atom stereocenters. The molecule has 2 N–H and O–H groups in total. The van der Waals surface area contributed by atoms with E-state index in [1.54, 1.807) is 6.07 Å². The average molecular weight is 326 g/mol. The monoisotopic (exact) mass is 325 g/mol. The van der Waals surface area contributed by atoms with Gasteiger partial charge in [0, 0.05) is 6.54 Å². The molecule has 0 saturated heterocycles. The summed E-state index contributed by atoms with van der Waals surface area (Å²) < 4.78 is 26.7. The van der Waals surface area contributed by atoms with Crippen molar-refractivity contribution in [3.63, 3.8) is 0 Å². The van der Waals surface area contributed by atoms with E-state index in [-0.39, 0.29) is 23.6 Å². The van der Waals surface area contributed by atoms with Gasteiger partial charge in [0.15, 0.2) is 0 Å². The van der Waals surface area contributed by atoms with Crippen molar-refractivity contribution in [3.8, 4) is 0 Å². The SMILES string of the molecule is O=C(Cc1ccccc1F)NCC(O)c1ccc(Cl)c(F)c1. The second-order valence-corrected chi connectivity index (χ2v) is 5.17. The van der Waals surface area contributed by atoms with Gasteiger partial charge in [-0.15, -0.1) is 0 Å². The molecular formula is C16H14ClF2NO2. The summed E-state index contributed by atoms with van der Waals surface area (Å²) in [5.74, 6) is -1.53. The van der Waals surface area contributed by atoms with Crippen molar-refractivity contribution in [2.45, 2.75) is 12.5 Å². The summed E-state index contributed by atoms with van der Waals surface area (Å²) in [5, 5.41) is 12.3. The third kappa shape index (κ3) is 4.26. The lowest BCUT2D eigenvalue weighted by Gasteiger charge is -2.13. The van der Waals surface area contributed by atoms with Gasteiger partial charge in [0.2, 0.25) is 5.91 Å². The zero-order valence-electron chi connectivity index (χ0n) is 11.5. The van der Waals surface area contributed by atoms with Crippen LogP contribution in [0.2, 0.25) is 5.02 Å². The number of hydrogen-bond acceptors (Lipinski definition) is 2. The number of hydrogen-bond donors (Lipinski definition) is 2. The predicted molar refractivity (Wildman–Crippen MR) is 79.5 cm³/mol. The maximum Gasteiger partial charge on any atom is 0.224 e. The minimum absolute atomic E-state index is 0.0421. The third-order valence-corrected chi connectivity index (χ3v) is 3.44. The molecule has 22 heavy (non-hydrogen) atoms. The Morgan fingerprint density at radius 2 is 1.91 bits per heavy atom. The van der Waals surface area contributed by atoms with Gasteiger partial charge in [-0.3, -0.25) is 4.79 Å². The van der Waals surface area contributed by atoms with Crippen LogP contribution in [0.1, 0.15) is 17.2 Å². The fourth-order valence-electron chi connectivity index (χ4n) is 1.93. The van der Waals surface area contributed by atoms with Crippen LogP contribution >= 0.6 is 11.6 Å². The van der Waals surface area contributed by atoms with Gasteiger partial charge in [-0.2, -0.15) is 0 Å². The van der Waals surface area contributed by atoms with Crippen LogP contribution in [-0.2, 0) is 11.2 Å². The van der Waals surface area contributed by atoms with E-state index in [9.17, 15) is 18.7 Å². The molecule has 0 radical (unpaired) electrons. The Balaban J connectivity index is 1.90. The highest BCUT2D eigenvalue weighted by Crippen LogP contribution is 2.19. The zero-order valence-corrected chi connectivity index (χ0v) is 12.3. The molecule has 0 fully saturated rings. The topological polar surface area (TPSA) is 49.3 Å². The van der Waals surface area contributed by atoms with Crippen LogP contribution in [0.3, 0.4) is 0 Å².